The second kappa shape index (κ2) is 5.88. The zero-order valence-corrected chi connectivity index (χ0v) is 14.5. The Morgan fingerprint density at radius 2 is 2.33 bits per heavy atom. The number of nitrogens with one attached hydrogen (secondary N) is 2. The summed E-state index contributed by atoms with van der Waals surface area (Å²) in [6.45, 7) is 2.38. The molecular formula is C14H15IN4OS. The van der Waals surface area contributed by atoms with Crippen LogP contribution in [0.15, 0.2) is 18.2 Å². The maximum Gasteiger partial charge on any atom is 0.252 e. The van der Waals surface area contributed by atoms with Crippen molar-refractivity contribution < 1.29 is 4.79 Å². The number of halogens is 1. The molecule has 0 saturated heterocycles. The van der Waals surface area contributed by atoms with Gasteiger partial charge in [0.2, 0.25) is 0 Å². The van der Waals surface area contributed by atoms with Gasteiger partial charge in [0, 0.05) is 9.61 Å². The maximum absolute atomic E-state index is 12.3. The molecule has 1 aromatic carbocycles. The highest BCUT2D eigenvalue weighted by atomic mass is 127. The summed E-state index contributed by atoms with van der Waals surface area (Å²) in [5.74, 6) is 0.706. The molecular weight excluding hydrogens is 399 g/mol. The molecule has 1 aliphatic carbocycles. The minimum Gasteiger partial charge on any atom is -0.345 e. The Kier molecular flexibility index (Phi) is 4.12. The molecule has 1 heterocycles. The number of aromatic nitrogens is 3. The van der Waals surface area contributed by atoms with E-state index >= 15 is 0 Å². The Bertz CT molecular complexity index is 748. The van der Waals surface area contributed by atoms with Crippen molar-refractivity contribution >= 4 is 40.7 Å². The smallest absolute Gasteiger partial charge is 0.252 e. The quantitative estimate of drug-likeness (QED) is 0.597. The Morgan fingerprint density at radius 1 is 1.57 bits per heavy atom. The lowest BCUT2D eigenvalue weighted by molar-refractivity contribution is 0.0948. The summed E-state index contributed by atoms with van der Waals surface area (Å²) >= 11 is 7.43. The van der Waals surface area contributed by atoms with Crippen LogP contribution in [0.25, 0.3) is 0 Å². The first kappa shape index (κ1) is 14.7. The third-order valence-electron chi connectivity index (χ3n) is 3.53. The SMILES string of the molecule is Cc1cccc(C(=O)NCc2n[nH]c(=S)n2C2CC2)c1I. The fourth-order valence-corrected chi connectivity index (χ4v) is 3.15. The minimum absolute atomic E-state index is 0.0839. The Hall–Kier alpha value is -1.22. The van der Waals surface area contributed by atoms with Gasteiger partial charge in [0.25, 0.3) is 5.91 Å². The molecule has 0 bridgehead atoms. The minimum atomic E-state index is -0.0839. The molecule has 0 spiro atoms. The van der Waals surface area contributed by atoms with Crippen LogP contribution in [0, 0.1) is 15.3 Å². The number of amides is 1. The zero-order chi connectivity index (χ0) is 15.0. The van der Waals surface area contributed by atoms with Crippen molar-refractivity contribution in [2.24, 2.45) is 0 Å². The third kappa shape index (κ3) is 3.03. The maximum atomic E-state index is 12.3. The molecule has 0 atom stereocenters. The van der Waals surface area contributed by atoms with Crippen LogP contribution in [0.5, 0.6) is 0 Å². The normalized spacial score (nSPS) is 14.2. The molecule has 1 amide bonds. The van der Waals surface area contributed by atoms with Gasteiger partial charge in [-0.05, 0) is 66.2 Å². The number of aryl methyl sites for hydroxylation is 1. The number of hydrogen-bond donors (Lipinski definition) is 2. The molecule has 0 aliphatic heterocycles. The average molecular weight is 414 g/mol. The molecule has 1 saturated carbocycles. The van der Waals surface area contributed by atoms with Gasteiger partial charge in [0.05, 0.1) is 12.1 Å². The molecule has 5 nitrogen and oxygen atoms in total. The summed E-state index contributed by atoms with van der Waals surface area (Å²) in [7, 11) is 0. The standard InChI is InChI=1S/C14H15IN4OS/c1-8-3-2-4-10(12(8)15)13(20)16-7-11-17-18-14(21)19(11)9-5-6-9/h2-4,9H,5-7H2,1H3,(H,16,20)(H,18,21). The van der Waals surface area contributed by atoms with Crippen LogP contribution in [0.1, 0.15) is 40.6 Å². The highest BCUT2D eigenvalue weighted by Crippen LogP contribution is 2.35. The number of nitrogens with zero attached hydrogens (tertiary/aromatic N) is 2. The highest BCUT2D eigenvalue weighted by Gasteiger charge is 2.27. The molecule has 3 rings (SSSR count). The van der Waals surface area contributed by atoms with Gasteiger partial charge >= 0.3 is 0 Å². The first-order valence-electron chi connectivity index (χ1n) is 6.77. The van der Waals surface area contributed by atoms with Gasteiger partial charge in [-0.25, -0.2) is 0 Å². The van der Waals surface area contributed by atoms with E-state index in [0.717, 1.165) is 27.8 Å². The van der Waals surface area contributed by atoms with Crippen molar-refractivity contribution in [2.75, 3.05) is 0 Å². The number of H-pyrrole nitrogens is 1. The van der Waals surface area contributed by atoms with Gasteiger partial charge in [-0.3, -0.25) is 14.5 Å². The molecule has 21 heavy (non-hydrogen) atoms. The van der Waals surface area contributed by atoms with Crippen molar-refractivity contribution in [1.82, 2.24) is 20.1 Å². The van der Waals surface area contributed by atoms with Crippen molar-refractivity contribution in [3.8, 4) is 0 Å². The van der Waals surface area contributed by atoms with Gasteiger partial charge < -0.3 is 5.32 Å². The Balaban J connectivity index is 1.74. The predicted octanol–water partition coefficient (Wildman–Crippen LogP) is 3.12. The number of hydrogen-bond acceptors (Lipinski definition) is 3. The van der Waals surface area contributed by atoms with E-state index in [1.165, 1.54) is 0 Å². The van der Waals surface area contributed by atoms with E-state index in [0.29, 0.717) is 22.9 Å². The van der Waals surface area contributed by atoms with E-state index in [1.54, 1.807) is 0 Å². The van der Waals surface area contributed by atoms with Crippen molar-refractivity contribution in [3.63, 3.8) is 0 Å². The lowest BCUT2D eigenvalue weighted by Gasteiger charge is -2.09. The predicted molar refractivity (Wildman–Crippen MR) is 90.7 cm³/mol. The number of rotatable bonds is 4. The Morgan fingerprint density at radius 3 is 3.05 bits per heavy atom. The fraction of sp³-hybridized carbons (Fsp3) is 0.357. The first-order valence-corrected chi connectivity index (χ1v) is 8.25. The van der Waals surface area contributed by atoms with Crippen LogP contribution in [-0.4, -0.2) is 20.7 Å². The molecule has 2 aromatic rings. The van der Waals surface area contributed by atoms with Crippen molar-refractivity contribution in [3.05, 3.63) is 43.5 Å². The number of benzene rings is 1. The summed E-state index contributed by atoms with van der Waals surface area (Å²) in [6.07, 6.45) is 2.26. The van der Waals surface area contributed by atoms with Gasteiger partial charge in [0.15, 0.2) is 10.6 Å². The van der Waals surface area contributed by atoms with Crippen molar-refractivity contribution in [2.45, 2.75) is 32.4 Å². The highest BCUT2D eigenvalue weighted by molar-refractivity contribution is 14.1. The molecule has 110 valence electrons. The lowest BCUT2D eigenvalue weighted by Crippen LogP contribution is -2.25. The zero-order valence-electron chi connectivity index (χ0n) is 11.5. The molecule has 1 aliphatic rings. The Labute approximate surface area is 141 Å². The summed E-state index contributed by atoms with van der Waals surface area (Å²) in [5, 5.41) is 9.94. The molecule has 2 N–H and O–H groups in total. The van der Waals surface area contributed by atoms with Gasteiger partial charge in [-0.15, -0.1) is 0 Å². The van der Waals surface area contributed by atoms with Crippen molar-refractivity contribution in [1.29, 1.82) is 0 Å². The number of carbonyl (C=O) groups excluding carboxylic acids is 1. The van der Waals surface area contributed by atoms with Gasteiger partial charge in [-0.1, -0.05) is 12.1 Å². The van der Waals surface area contributed by atoms with Crippen LogP contribution < -0.4 is 5.32 Å². The lowest BCUT2D eigenvalue weighted by atomic mass is 10.1. The molecule has 7 heteroatoms. The average Bonchev–Trinajstić information content (AvgIpc) is 3.23. The van der Waals surface area contributed by atoms with Crippen LogP contribution in [0.2, 0.25) is 0 Å². The first-order chi connectivity index (χ1) is 10.1. The molecule has 1 aromatic heterocycles. The topological polar surface area (TPSA) is 62.7 Å². The summed E-state index contributed by atoms with van der Waals surface area (Å²) in [5.41, 5.74) is 1.80. The summed E-state index contributed by atoms with van der Waals surface area (Å²) in [4.78, 5) is 12.3. The third-order valence-corrected chi connectivity index (χ3v) is 5.25. The van der Waals surface area contributed by atoms with Crippen LogP contribution in [-0.2, 0) is 6.54 Å². The summed E-state index contributed by atoms with van der Waals surface area (Å²) in [6, 6.07) is 6.17. The fourth-order valence-electron chi connectivity index (χ4n) is 2.25. The van der Waals surface area contributed by atoms with Crippen LogP contribution in [0.4, 0.5) is 0 Å². The van der Waals surface area contributed by atoms with Crippen LogP contribution in [0.3, 0.4) is 0 Å². The largest absolute Gasteiger partial charge is 0.345 e. The molecule has 0 radical (unpaired) electrons. The molecule has 0 unspecified atom stereocenters. The van der Waals surface area contributed by atoms with Crippen LogP contribution >= 0.6 is 34.8 Å². The van der Waals surface area contributed by atoms with E-state index in [4.69, 9.17) is 12.2 Å². The van der Waals surface area contributed by atoms with Gasteiger partial charge in [0.1, 0.15) is 0 Å². The van der Waals surface area contributed by atoms with Gasteiger partial charge in [-0.2, -0.15) is 5.10 Å². The van der Waals surface area contributed by atoms with E-state index in [9.17, 15) is 4.79 Å². The van der Waals surface area contributed by atoms with E-state index in [2.05, 4.69) is 38.1 Å². The van der Waals surface area contributed by atoms with E-state index in [1.807, 2.05) is 29.7 Å². The second-order valence-corrected chi connectivity index (χ2v) is 6.63. The van der Waals surface area contributed by atoms with E-state index < -0.39 is 0 Å². The number of aromatic amines is 1. The van der Waals surface area contributed by atoms with E-state index in [-0.39, 0.29) is 5.91 Å². The number of carbonyl (C=O) groups is 1. The monoisotopic (exact) mass is 414 g/mol. The second-order valence-electron chi connectivity index (χ2n) is 5.17. The summed E-state index contributed by atoms with van der Waals surface area (Å²) < 4.78 is 3.62. The molecule has 1 fully saturated rings.